The Bertz CT molecular complexity index is 823. The number of methoxy groups -OCH3 is 1. The van der Waals surface area contributed by atoms with E-state index in [0.29, 0.717) is 22.4 Å². The number of carbonyl (C=O) groups excluding carboxylic acids is 1. The minimum Gasteiger partial charge on any atom is -0.462 e. The van der Waals surface area contributed by atoms with Crippen LogP contribution in [0.1, 0.15) is 16.4 Å². The lowest BCUT2D eigenvalue weighted by Crippen LogP contribution is -2.01. The van der Waals surface area contributed by atoms with Gasteiger partial charge < -0.3 is 13.7 Å². The first-order chi connectivity index (χ1) is 10.1. The zero-order valence-electron chi connectivity index (χ0n) is 11.0. The van der Waals surface area contributed by atoms with Crippen molar-refractivity contribution in [2.45, 2.75) is 6.54 Å². The van der Waals surface area contributed by atoms with Crippen LogP contribution in [-0.4, -0.2) is 22.6 Å². The van der Waals surface area contributed by atoms with Crippen molar-refractivity contribution in [3.8, 4) is 0 Å². The topological polar surface area (TPSA) is 57.3 Å². The van der Waals surface area contributed by atoms with Crippen molar-refractivity contribution in [2.24, 2.45) is 0 Å². The fourth-order valence-corrected chi connectivity index (χ4v) is 2.74. The number of aromatic nitrogens is 2. The SMILES string of the molecule is COC(=O)c1ncc(Cn2ccc3cc(Cl)cc(Cl)c32)o1. The predicted molar refractivity (Wildman–Crippen MR) is 78.9 cm³/mol. The van der Waals surface area contributed by atoms with Crippen LogP contribution in [0.2, 0.25) is 10.0 Å². The number of ether oxygens (including phenoxy) is 1. The summed E-state index contributed by atoms with van der Waals surface area (Å²) < 4.78 is 11.8. The molecule has 108 valence electrons. The maximum atomic E-state index is 11.3. The fraction of sp³-hybridized carbons (Fsp3) is 0.143. The minimum absolute atomic E-state index is 0.0712. The summed E-state index contributed by atoms with van der Waals surface area (Å²) >= 11 is 12.2. The summed E-state index contributed by atoms with van der Waals surface area (Å²) in [4.78, 5) is 15.2. The minimum atomic E-state index is -0.608. The average molecular weight is 325 g/mol. The van der Waals surface area contributed by atoms with E-state index in [-0.39, 0.29) is 5.89 Å². The molecule has 0 spiro atoms. The largest absolute Gasteiger partial charge is 0.462 e. The number of nitrogens with zero attached hydrogens (tertiary/aromatic N) is 2. The monoisotopic (exact) mass is 324 g/mol. The number of carbonyl (C=O) groups is 1. The highest BCUT2D eigenvalue weighted by molar-refractivity contribution is 6.38. The van der Waals surface area contributed by atoms with Crippen LogP contribution in [0.3, 0.4) is 0 Å². The Morgan fingerprint density at radius 1 is 1.43 bits per heavy atom. The average Bonchev–Trinajstić information content (AvgIpc) is 3.06. The summed E-state index contributed by atoms with van der Waals surface area (Å²) in [6.07, 6.45) is 3.36. The molecule has 0 aliphatic rings. The van der Waals surface area contributed by atoms with E-state index >= 15 is 0 Å². The molecule has 2 aromatic heterocycles. The molecule has 0 radical (unpaired) electrons. The number of fused-ring (bicyclic) bond motifs is 1. The lowest BCUT2D eigenvalue weighted by atomic mass is 10.2. The molecule has 0 aliphatic carbocycles. The van der Waals surface area contributed by atoms with Gasteiger partial charge in [0.25, 0.3) is 0 Å². The first kappa shape index (κ1) is 14.0. The van der Waals surface area contributed by atoms with Crippen LogP contribution < -0.4 is 0 Å². The number of oxazole rings is 1. The molecule has 21 heavy (non-hydrogen) atoms. The van der Waals surface area contributed by atoms with Crippen molar-refractivity contribution in [1.29, 1.82) is 0 Å². The van der Waals surface area contributed by atoms with E-state index in [4.69, 9.17) is 27.6 Å². The summed E-state index contributed by atoms with van der Waals surface area (Å²) in [6.45, 7) is 0.398. The third kappa shape index (κ3) is 2.62. The van der Waals surface area contributed by atoms with Gasteiger partial charge in [-0.2, -0.15) is 0 Å². The molecule has 0 fully saturated rings. The number of esters is 1. The molecule has 5 nitrogen and oxygen atoms in total. The van der Waals surface area contributed by atoms with E-state index in [1.54, 1.807) is 6.07 Å². The molecule has 2 heterocycles. The van der Waals surface area contributed by atoms with Gasteiger partial charge in [-0.25, -0.2) is 9.78 Å². The van der Waals surface area contributed by atoms with E-state index < -0.39 is 5.97 Å². The van der Waals surface area contributed by atoms with Crippen LogP contribution in [0, 0.1) is 0 Å². The molecule has 3 rings (SSSR count). The summed E-state index contributed by atoms with van der Waals surface area (Å²) in [6, 6.07) is 5.42. The van der Waals surface area contributed by atoms with Gasteiger partial charge in [0.05, 0.1) is 30.4 Å². The number of rotatable bonds is 3. The van der Waals surface area contributed by atoms with Crippen molar-refractivity contribution < 1.29 is 13.9 Å². The fourth-order valence-electron chi connectivity index (χ4n) is 2.12. The lowest BCUT2D eigenvalue weighted by Gasteiger charge is -2.05. The number of halogens is 2. The second-order valence-electron chi connectivity index (χ2n) is 4.39. The highest BCUT2D eigenvalue weighted by atomic mass is 35.5. The van der Waals surface area contributed by atoms with E-state index in [9.17, 15) is 4.79 Å². The van der Waals surface area contributed by atoms with Gasteiger partial charge in [0, 0.05) is 16.6 Å². The van der Waals surface area contributed by atoms with E-state index in [1.165, 1.54) is 13.3 Å². The van der Waals surface area contributed by atoms with Crippen molar-refractivity contribution in [2.75, 3.05) is 7.11 Å². The molecule has 0 unspecified atom stereocenters. The standard InChI is InChI=1S/C14H10Cl2N2O3/c1-20-14(19)13-17-6-10(21-13)7-18-3-2-8-4-9(15)5-11(16)12(8)18/h2-6H,7H2,1H3. The van der Waals surface area contributed by atoms with Crippen LogP contribution in [0.4, 0.5) is 0 Å². The van der Waals surface area contributed by atoms with E-state index in [0.717, 1.165) is 10.9 Å². The number of benzene rings is 1. The third-order valence-corrected chi connectivity index (χ3v) is 3.53. The Balaban J connectivity index is 1.95. The van der Waals surface area contributed by atoms with Crippen molar-refractivity contribution >= 4 is 40.1 Å². The molecular weight excluding hydrogens is 315 g/mol. The van der Waals surface area contributed by atoms with E-state index in [2.05, 4.69) is 9.72 Å². The Kier molecular flexibility index (Phi) is 3.61. The summed E-state index contributed by atoms with van der Waals surface area (Å²) in [5.74, 6) is -0.152. The molecule has 0 atom stereocenters. The van der Waals surface area contributed by atoms with Crippen LogP contribution in [0.25, 0.3) is 10.9 Å². The highest BCUT2D eigenvalue weighted by Gasteiger charge is 2.14. The second kappa shape index (κ2) is 5.42. The molecule has 0 N–H and O–H groups in total. The molecular formula is C14H10Cl2N2O3. The van der Waals surface area contributed by atoms with Gasteiger partial charge >= 0.3 is 11.9 Å². The Labute approximate surface area is 130 Å². The highest BCUT2D eigenvalue weighted by Crippen LogP contribution is 2.29. The zero-order chi connectivity index (χ0) is 15.0. The summed E-state index contributed by atoms with van der Waals surface area (Å²) in [5, 5.41) is 2.06. The number of hydrogen-bond acceptors (Lipinski definition) is 4. The van der Waals surface area contributed by atoms with Crippen molar-refractivity contribution in [3.63, 3.8) is 0 Å². The number of hydrogen-bond donors (Lipinski definition) is 0. The van der Waals surface area contributed by atoms with Crippen LogP contribution in [-0.2, 0) is 11.3 Å². The zero-order valence-corrected chi connectivity index (χ0v) is 12.5. The Morgan fingerprint density at radius 3 is 3.00 bits per heavy atom. The lowest BCUT2D eigenvalue weighted by molar-refractivity contribution is 0.0554. The molecule has 0 aliphatic heterocycles. The van der Waals surface area contributed by atoms with Gasteiger partial charge in [-0.1, -0.05) is 23.2 Å². The van der Waals surface area contributed by atoms with Gasteiger partial charge in [0.2, 0.25) is 0 Å². The summed E-state index contributed by atoms with van der Waals surface area (Å²) in [7, 11) is 1.27. The quantitative estimate of drug-likeness (QED) is 0.688. The first-order valence-electron chi connectivity index (χ1n) is 6.05. The second-order valence-corrected chi connectivity index (χ2v) is 5.24. The van der Waals surface area contributed by atoms with Crippen molar-refractivity contribution in [1.82, 2.24) is 9.55 Å². The maximum Gasteiger partial charge on any atom is 0.394 e. The Morgan fingerprint density at radius 2 is 2.24 bits per heavy atom. The molecule has 1 aromatic carbocycles. The molecule has 0 saturated carbocycles. The third-order valence-electron chi connectivity index (χ3n) is 3.02. The molecule has 0 bridgehead atoms. The van der Waals surface area contributed by atoms with Crippen molar-refractivity contribution in [3.05, 3.63) is 52.3 Å². The van der Waals surface area contributed by atoms with Crippen LogP contribution in [0.15, 0.2) is 35.0 Å². The van der Waals surface area contributed by atoms with E-state index in [1.807, 2.05) is 22.9 Å². The summed E-state index contributed by atoms with van der Waals surface area (Å²) in [5.41, 5.74) is 0.845. The molecule has 7 heteroatoms. The van der Waals surface area contributed by atoms with Gasteiger partial charge in [0.1, 0.15) is 5.76 Å². The molecule has 0 amide bonds. The Hall–Kier alpha value is -1.98. The normalized spacial score (nSPS) is 11.0. The smallest absolute Gasteiger partial charge is 0.394 e. The van der Waals surface area contributed by atoms with Crippen LogP contribution in [0.5, 0.6) is 0 Å². The molecule has 0 saturated heterocycles. The van der Waals surface area contributed by atoms with Gasteiger partial charge in [-0.05, 0) is 18.2 Å². The maximum absolute atomic E-state index is 11.3. The van der Waals surface area contributed by atoms with Gasteiger partial charge in [-0.15, -0.1) is 0 Å². The molecule has 3 aromatic rings. The van der Waals surface area contributed by atoms with Gasteiger partial charge in [0.15, 0.2) is 0 Å². The van der Waals surface area contributed by atoms with Crippen LogP contribution >= 0.6 is 23.2 Å². The predicted octanol–water partition coefficient (Wildman–Crippen LogP) is 3.77. The van der Waals surface area contributed by atoms with Gasteiger partial charge in [-0.3, -0.25) is 0 Å². The first-order valence-corrected chi connectivity index (χ1v) is 6.81.